The summed E-state index contributed by atoms with van der Waals surface area (Å²) in [6.45, 7) is 0. The number of anilines is 1. The molecule has 2 heterocycles. The van der Waals surface area contributed by atoms with Gasteiger partial charge >= 0.3 is 0 Å². The molecule has 0 spiro atoms. The minimum atomic E-state index is 0.578. The Morgan fingerprint density at radius 3 is 2.94 bits per heavy atom. The van der Waals surface area contributed by atoms with Crippen molar-refractivity contribution in [1.29, 1.82) is 0 Å². The molecule has 1 aromatic carbocycles. The molecule has 0 bridgehead atoms. The van der Waals surface area contributed by atoms with Gasteiger partial charge in [0.25, 0.3) is 0 Å². The Labute approximate surface area is 112 Å². The van der Waals surface area contributed by atoms with Crippen LogP contribution in [0.25, 0.3) is 22.4 Å². The topological polar surface area (TPSA) is 51.0 Å². The van der Waals surface area contributed by atoms with E-state index in [1.54, 1.807) is 13.2 Å². The summed E-state index contributed by atoms with van der Waals surface area (Å²) in [4.78, 5) is 8.43. The maximum absolute atomic E-state index is 5.77. The molecule has 0 aliphatic rings. The number of fused-ring (bicyclic) bond motifs is 1. The number of hydrogen-bond donors (Lipinski definition) is 1. The molecule has 4 nitrogen and oxygen atoms in total. The fourth-order valence-corrected chi connectivity index (χ4v) is 2.14. The van der Waals surface area contributed by atoms with Gasteiger partial charge in [0, 0.05) is 23.1 Å². The van der Waals surface area contributed by atoms with Gasteiger partial charge in [0.1, 0.15) is 11.3 Å². The highest BCUT2D eigenvalue weighted by atomic mass is 79.9. The molecule has 3 rings (SSSR count). The van der Waals surface area contributed by atoms with E-state index in [1.807, 2.05) is 30.3 Å². The molecule has 18 heavy (non-hydrogen) atoms. The van der Waals surface area contributed by atoms with Gasteiger partial charge in [-0.2, -0.15) is 0 Å². The number of aromatic nitrogens is 2. The molecule has 1 N–H and O–H groups in total. The molecule has 0 amide bonds. The van der Waals surface area contributed by atoms with Gasteiger partial charge in [0.05, 0.1) is 0 Å². The summed E-state index contributed by atoms with van der Waals surface area (Å²) in [5, 5.41) is 3.95. The van der Waals surface area contributed by atoms with Crippen LogP contribution in [-0.4, -0.2) is 17.0 Å². The van der Waals surface area contributed by atoms with Crippen molar-refractivity contribution < 1.29 is 4.42 Å². The van der Waals surface area contributed by atoms with Crippen LogP contribution in [0, 0.1) is 0 Å². The van der Waals surface area contributed by atoms with Gasteiger partial charge in [-0.05, 0) is 30.3 Å². The zero-order valence-corrected chi connectivity index (χ0v) is 11.2. The van der Waals surface area contributed by atoms with E-state index in [1.165, 1.54) is 0 Å². The second-order valence-electron chi connectivity index (χ2n) is 3.81. The van der Waals surface area contributed by atoms with Crippen LogP contribution >= 0.6 is 15.9 Å². The van der Waals surface area contributed by atoms with Crippen molar-refractivity contribution >= 4 is 32.8 Å². The highest BCUT2D eigenvalue weighted by molar-refractivity contribution is 9.10. The van der Waals surface area contributed by atoms with Crippen molar-refractivity contribution in [2.24, 2.45) is 0 Å². The summed E-state index contributed by atoms with van der Waals surface area (Å²) in [6.07, 6.45) is 1.71. The largest absolute Gasteiger partial charge is 0.454 e. The molecule has 0 fully saturated rings. The van der Waals surface area contributed by atoms with Crippen LogP contribution in [0.1, 0.15) is 0 Å². The van der Waals surface area contributed by atoms with E-state index in [4.69, 9.17) is 4.42 Å². The maximum atomic E-state index is 5.77. The summed E-state index contributed by atoms with van der Waals surface area (Å²) in [6, 6.07) is 9.70. The van der Waals surface area contributed by atoms with Crippen LogP contribution in [0.3, 0.4) is 0 Å². The fourth-order valence-electron chi connectivity index (χ4n) is 1.76. The first-order valence-corrected chi connectivity index (χ1v) is 6.26. The van der Waals surface area contributed by atoms with E-state index in [0.29, 0.717) is 5.95 Å². The van der Waals surface area contributed by atoms with Gasteiger partial charge in [-0.1, -0.05) is 15.9 Å². The van der Waals surface area contributed by atoms with Crippen LogP contribution in [0.4, 0.5) is 5.95 Å². The monoisotopic (exact) mass is 303 g/mol. The summed E-state index contributed by atoms with van der Waals surface area (Å²) in [7, 11) is 1.79. The number of hydrogen-bond acceptors (Lipinski definition) is 4. The second-order valence-corrected chi connectivity index (χ2v) is 4.72. The quantitative estimate of drug-likeness (QED) is 0.784. The molecular formula is C13H10BrN3O. The fraction of sp³-hybridized carbons (Fsp3) is 0.0769. The third-order valence-corrected chi connectivity index (χ3v) is 3.10. The molecule has 0 saturated heterocycles. The Morgan fingerprint density at radius 1 is 1.22 bits per heavy atom. The molecule has 0 atom stereocenters. The van der Waals surface area contributed by atoms with E-state index in [9.17, 15) is 0 Å². The van der Waals surface area contributed by atoms with E-state index < -0.39 is 0 Å². The standard InChI is InChI=1S/C13H10BrN3O/c1-15-13-16-5-4-10(17-13)12-7-8-6-9(14)2-3-11(8)18-12/h2-7H,1H3,(H,15,16,17). The molecule has 0 saturated carbocycles. The number of nitrogens with zero attached hydrogens (tertiary/aromatic N) is 2. The molecule has 0 radical (unpaired) electrons. The molecule has 0 unspecified atom stereocenters. The van der Waals surface area contributed by atoms with Gasteiger partial charge in [-0.3, -0.25) is 0 Å². The number of nitrogens with one attached hydrogen (secondary N) is 1. The van der Waals surface area contributed by atoms with E-state index in [2.05, 4.69) is 31.2 Å². The minimum absolute atomic E-state index is 0.578. The first-order valence-electron chi connectivity index (χ1n) is 5.46. The van der Waals surface area contributed by atoms with Crippen molar-refractivity contribution in [3.05, 3.63) is 41.0 Å². The van der Waals surface area contributed by atoms with Crippen molar-refractivity contribution in [3.8, 4) is 11.5 Å². The van der Waals surface area contributed by atoms with Crippen molar-refractivity contribution in [2.75, 3.05) is 12.4 Å². The van der Waals surface area contributed by atoms with Crippen molar-refractivity contribution in [3.63, 3.8) is 0 Å². The average molecular weight is 304 g/mol. The molecule has 0 aliphatic carbocycles. The van der Waals surface area contributed by atoms with Gasteiger partial charge in [-0.25, -0.2) is 9.97 Å². The molecule has 2 aromatic heterocycles. The normalized spacial score (nSPS) is 10.8. The lowest BCUT2D eigenvalue weighted by Gasteiger charge is -1.99. The summed E-state index contributed by atoms with van der Waals surface area (Å²) in [5.74, 6) is 1.32. The van der Waals surface area contributed by atoms with Crippen LogP contribution in [-0.2, 0) is 0 Å². The van der Waals surface area contributed by atoms with Crippen LogP contribution in [0.2, 0.25) is 0 Å². The van der Waals surface area contributed by atoms with E-state index in [-0.39, 0.29) is 0 Å². The Balaban J connectivity index is 2.13. The van der Waals surface area contributed by atoms with Gasteiger partial charge < -0.3 is 9.73 Å². The Hall–Kier alpha value is -1.88. The molecule has 0 aliphatic heterocycles. The Kier molecular flexibility index (Phi) is 2.76. The van der Waals surface area contributed by atoms with Gasteiger partial charge in [0.2, 0.25) is 5.95 Å². The summed E-state index contributed by atoms with van der Waals surface area (Å²) in [5.41, 5.74) is 1.61. The SMILES string of the molecule is CNc1nccc(-c2cc3cc(Br)ccc3o2)n1. The van der Waals surface area contributed by atoms with Crippen molar-refractivity contribution in [2.45, 2.75) is 0 Å². The van der Waals surface area contributed by atoms with Crippen LogP contribution < -0.4 is 5.32 Å². The van der Waals surface area contributed by atoms with Gasteiger partial charge in [-0.15, -0.1) is 0 Å². The first-order chi connectivity index (χ1) is 8.76. The third kappa shape index (κ3) is 1.97. The van der Waals surface area contributed by atoms with E-state index >= 15 is 0 Å². The molecular weight excluding hydrogens is 294 g/mol. The number of benzene rings is 1. The van der Waals surface area contributed by atoms with E-state index in [0.717, 1.165) is 26.9 Å². The lowest BCUT2D eigenvalue weighted by molar-refractivity contribution is 0.628. The predicted molar refractivity (Wildman–Crippen MR) is 74.5 cm³/mol. The maximum Gasteiger partial charge on any atom is 0.223 e. The summed E-state index contributed by atoms with van der Waals surface area (Å²) < 4.78 is 6.80. The average Bonchev–Trinajstić information content (AvgIpc) is 2.81. The zero-order valence-electron chi connectivity index (χ0n) is 9.64. The highest BCUT2D eigenvalue weighted by Crippen LogP contribution is 2.28. The number of furan rings is 1. The number of halogens is 1. The molecule has 90 valence electrons. The third-order valence-electron chi connectivity index (χ3n) is 2.61. The summed E-state index contributed by atoms with van der Waals surface area (Å²) >= 11 is 3.44. The van der Waals surface area contributed by atoms with Crippen LogP contribution in [0.15, 0.2) is 45.4 Å². The number of rotatable bonds is 2. The zero-order chi connectivity index (χ0) is 12.5. The predicted octanol–water partition coefficient (Wildman–Crippen LogP) is 3.69. The van der Waals surface area contributed by atoms with Crippen molar-refractivity contribution in [1.82, 2.24) is 9.97 Å². The smallest absolute Gasteiger partial charge is 0.223 e. The highest BCUT2D eigenvalue weighted by Gasteiger charge is 2.08. The van der Waals surface area contributed by atoms with Gasteiger partial charge in [0.15, 0.2) is 5.76 Å². The lowest BCUT2D eigenvalue weighted by Crippen LogP contribution is -1.95. The Morgan fingerprint density at radius 2 is 2.11 bits per heavy atom. The first kappa shape index (κ1) is 11.2. The second kappa shape index (κ2) is 4.42. The minimum Gasteiger partial charge on any atom is -0.454 e. The lowest BCUT2D eigenvalue weighted by atomic mass is 10.2. The Bertz CT molecular complexity index is 708. The van der Waals surface area contributed by atoms with Crippen LogP contribution in [0.5, 0.6) is 0 Å². The molecule has 5 heteroatoms. The molecule has 3 aromatic rings.